The average molecular weight is 499 g/mol. The molecule has 178 valence electrons. The van der Waals surface area contributed by atoms with Gasteiger partial charge in [-0.1, -0.05) is 78.1 Å². The van der Waals surface area contributed by atoms with Crippen LogP contribution in [0.25, 0.3) is 32.4 Å². The van der Waals surface area contributed by atoms with Crippen LogP contribution < -0.4 is 5.32 Å². The van der Waals surface area contributed by atoms with Gasteiger partial charge in [0, 0.05) is 51.9 Å². The summed E-state index contributed by atoms with van der Waals surface area (Å²) in [5.74, 6) is 0.818. The van der Waals surface area contributed by atoms with Crippen molar-refractivity contribution in [1.82, 2.24) is 25.1 Å². The van der Waals surface area contributed by atoms with E-state index in [1.165, 1.54) is 38.8 Å². The number of nitrogens with one attached hydrogen (secondary N) is 3. The van der Waals surface area contributed by atoms with Crippen LogP contribution in [0.3, 0.4) is 0 Å². The zero-order chi connectivity index (χ0) is 24.6. The number of rotatable bonds is 6. The van der Waals surface area contributed by atoms with Crippen LogP contribution in [0.5, 0.6) is 0 Å². The molecule has 3 N–H and O–H groups in total. The molecule has 0 unspecified atom stereocenters. The van der Waals surface area contributed by atoms with Gasteiger partial charge in [-0.3, -0.25) is 0 Å². The van der Waals surface area contributed by atoms with E-state index in [4.69, 9.17) is 0 Å². The minimum Gasteiger partial charge on any atom is -0.361 e. The van der Waals surface area contributed by atoms with Gasteiger partial charge in [-0.2, -0.15) is 0 Å². The number of H-pyrrole nitrogens is 2. The number of aromatic nitrogens is 5. The smallest absolute Gasteiger partial charge is 0.211 e. The number of fused-ring (bicyclic) bond motifs is 2. The maximum atomic E-state index is 4.41. The third-order valence-electron chi connectivity index (χ3n) is 6.68. The first kappa shape index (κ1) is 21.5. The predicted molar refractivity (Wildman–Crippen MR) is 150 cm³/mol. The molecule has 0 fully saturated rings. The summed E-state index contributed by atoms with van der Waals surface area (Å²) in [5.41, 5.74) is 7.04. The molecule has 37 heavy (non-hydrogen) atoms. The average Bonchev–Trinajstić information content (AvgIpc) is 3.70. The Morgan fingerprint density at radius 1 is 0.676 bits per heavy atom. The molecule has 0 aliphatic rings. The van der Waals surface area contributed by atoms with Crippen LogP contribution >= 0.6 is 11.3 Å². The molecule has 0 spiro atoms. The van der Waals surface area contributed by atoms with Gasteiger partial charge < -0.3 is 15.3 Å². The molecule has 0 bridgehead atoms. The summed E-state index contributed by atoms with van der Waals surface area (Å²) in [5, 5.41) is 16.0. The Morgan fingerprint density at radius 3 is 1.97 bits per heavy atom. The number of hydrogen-bond acceptors (Lipinski definition) is 5. The summed E-state index contributed by atoms with van der Waals surface area (Å²) >= 11 is 1.51. The van der Waals surface area contributed by atoms with E-state index in [9.17, 15) is 0 Å². The molecule has 0 radical (unpaired) electrons. The van der Waals surface area contributed by atoms with E-state index in [0.29, 0.717) is 5.13 Å². The molecule has 0 amide bonds. The molecule has 0 aliphatic heterocycles. The first-order valence-electron chi connectivity index (χ1n) is 12.1. The van der Waals surface area contributed by atoms with Crippen molar-refractivity contribution < 1.29 is 0 Å². The van der Waals surface area contributed by atoms with Gasteiger partial charge in [-0.25, -0.2) is 4.98 Å². The zero-order valence-corrected chi connectivity index (χ0v) is 20.5. The second-order valence-electron chi connectivity index (χ2n) is 8.89. The standard InChI is InChI=1S/C30H22N6S/c1-3-9-25-21(7-1)23(17-32-25)28(24-18-33-26-10-4-2-8-22(24)26)19-12-14-20(15-13-19)29-35-36-30(37-29)34-27-11-5-6-16-31-27/h1-18,28,32-33H,(H,31,34,36). The van der Waals surface area contributed by atoms with Crippen molar-refractivity contribution in [3.63, 3.8) is 0 Å². The molecule has 7 heteroatoms. The molecule has 4 aromatic heterocycles. The van der Waals surface area contributed by atoms with E-state index in [1.807, 2.05) is 18.2 Å². The highest BCUT2D eigenvalue weighted by atomic mass is 32.1. The van der Waals surface area contributed by atoms with Gasteiger partial charge in [0.1, 0.15) is 10.8 Å². The van der Waals surface area contributed by atoms with Crippen LogP contribution in [0.4, 0.5) is 10.9 Å². The molecule has 0 aliphatic carbocycles. The highest BCUT2D eigenvalue weighted by Gasteiger charge is 2.23. The van der Waals surface area contributed by atoms with E-state index in [2.05, 4.69) is 116 Å². The van der Waals surface area contributed by atoms with Gasteiger partial charge >= 0.3 is 0 Å². The van der Waals surface area contributed by atoms with E-state index < -0.39 is 0 Å². The summed E-state index contributed by atoms with van der Waals surface area (Å²) < 4.78 is 0. The van der Waals surface area contributed by atoms with Crippen molar-refractivity contribution in [3.8, 4) is 10.6 Å². The number of benzene rings is 3. The first-order valence-corrected chi connectivity index (χ1v) is 12.9. The van der Waals surface area contributed by atoms with Crippen LogP contribution in [-0.4, -0.2) is 25.1 Å². The normalized spacial score (nSPS) is 11.5. The second kappa shape index (κ2) is 9.04. The predicted octanol–water partition coefficient (Wildman–Crippen LogP) is 7.49. The number of nitrogens with zero attached hydrogens (tertiary/aromatic N) is 3. The quantitative estimate of drug-likeness (QED) is 0.222. The van der Waals surface area contributed by atoms with Gasteiger partial charge in [0.05, 0.1) is 0 Å². The van der Waals surface area contributed by atoms with E-state index in [-0.39, 0.29) is 5.92 Å². The first-order chi connectivity index (χ1) is 18.3. The molecule has 0 atom stereocenters. The van der Waals surface area contributed by atoms with Crippen molar-refractivity contribution in [2.24, 2.45) is 0 Å². The third kappa shape index (κ3) is 3.95. The van der Waals surface area contributed by atoms with E-state index in [0.717, 1.165) is 27.4 Å². The highest BCUT2D eigenvalue weighted by molar-refractivity contribution is 7.18. The molecule has 0 saturated carbocycles. The van der Waals surface area contributed by atoms with Gasteiger partial charge in [-0.15, -0.1) is 10.2 Å². The van der Waals surface area contributed by atoms with Crippen molar-refractivity contribution >= 4 is 44.1 Å². The summed E-state index contributed by atoms with van der Waals surface area (Å²) in [6.07, 6.45) is 6.04. The Kier molecular flexibility index (Phi) is 5.26. The van der Waals surface area contributed by atoms with Crippen LogP contribution in [0.2, 0.25) is 0 Å². The largest absolute Gasteiger partial charge is 0.361 e. The lowest BCUT2D eigenvalue weighted by atomic mass is 9.84. The van der Waals surface area contributed by atoms with Gasteiger partial charge in [0.15, 0.2) is 0 Å². The van der Waals surface area contributed by atoms with Crippen molar-refractivity contribution in [2.45, 2.75) is 5.92 Å². The molecule has 0 saturated heterocycles. The monoisotopic (exact) mass is 498 g/mol. The Labute approximate surface area is 217 Å². The van der Waals surface area contributed by atoms with Crippen molar-refractivity contribution in [1.29, 1.82) is 0 Å². The maximum absolute atomic E-state index is 4.41. The molecule has 4 heterocycles. The van der Waals surface area contributed by atoms with Crippen LogP contribution in [-0.2, 0) is 0 Å². The fourth-order valence-corrected chi connectivity index (χ4v) is 5.70. The van der Waals surface area contributed by atoms with E-state index >= 15 is 0 Å². The lowest BCUT2D eigenvalue weighted by molar-refractivity contribution is 0.998. The summed E-state index contributed by atoms with van der Waals surface area (Å²) in [6.45, 7) is 0. The lowest BCUT2D eigenvalue weighted by Crippen LogP contribution is -2.02. The summed E-state index contributed by atoms with van der Waals surface area (Å²) in [4.78, 5) is 11.2. The Bertz CT molecular complexity index is 1740. The third-order valence-corrected chi connectivity index (χ3v) is 7.57. The fourth-order valence-electron chi connectivity index (χ4n) is 4.95. The Morgan fingerprint density at radius 2 is 1.32 bits per heavy atom. The Balaban J connectivity index is 1.28. The maximum Gasteiger partial charge on any atom is 0.211 e. The second-order valence-corrected chi connectivity index (χ2v) is 9.86. The fraction of sp³-hybridized carbons (Fsp3) is 0.0333. The summed E-state index contributed by atoms with van der Waals surface area (Å²) in [7, 11) is 0. The van der Waals surface area contributed by atoms with Crippen LogP contribution in [0, 0.1) is 0 Å². The molecule has 7 aromatic rings. The number of pyridine rings is 1. The summed E-state index contributed by atoms with van der Waals surface area (Å²) in [6, 6.07) is 31.4. The minimum atomic E-state index is 0.0668. The lowest BCUT2D eigenvalue weighted by Gasteiger charge is -2.18. The number of aromatic amines is 2. The molecule has 6 nitrogen and oxygen atoms in total. The van der Waals surface area contributed by atoms with Crippen LogP contribution in [0.1, 0.15) is 22.6 Å². The topological polar surface area (TPSA) is 82.3 Å². The van der Waals surface area contributed by atoms with Crippen molar-refractivity contribution in [3.05, 3.63) is 126 Å². The van der Waals surface area contributed by atoms with Crippen LogP contribution in [0.15, 0.2) is 110 Å². The van der Waals surface area contributed by atoms with E-state index in [1.54, 1.807) is 6.20 Å². The number of hydrogen-bond donors (Lipinski definition) is 3. The molecule has 7 rings (SSSR count). The van der Waals surface area contributed by atoms with Gasteiger partial charge in [0.2, 0.25) is 5.13 Å². The highest BCUT2D eigenvalue weighted by Crippen LogP contribution is 2.40. The molecular formula is C30H22N6S. The minimum absolute atomic E-state index is 0.0668. The zero-order valence-electron chi connectivity index (χ0n) is 19.7. The SMILES string of the molecule is c1ccc(Nc2nnc(-c3ccc(C(c4c[nH]c5ccccc45)c4c[nH]c5ccccc45)cc3)s2)nc1. The number of para-hydroxylation sites is 2. The van der Waals surface area contributed by atoms with Gasteiger partial charge in [0.25, 0.3) is 0 Å². The Hall–Kier alpha value is -4.75. The number of anilines is 2. The van der Waals surface area contributed by atoms with Gasteiger partial charge in [-0.05, 0) is 41.0 Å². The molecular weight excluding hydrogens is 476 g/mol. The molecule has 3 aromatic carbocycles. The van der Waals surface area contributed by atoms with Crippen molar-refractivity contribution in [2.75, 3.05) is 5.32 Å².